The molecule has 9 nitrogen and oxygen atoms in total. The van der Waals surface area contributed by atoms with Gasteiger partial charge < -0.3 is 15.4 Å². The fourth-order valence-electron chi connectivity index (χ4n) is 3.98. The average Bonchev–Trinajstić information content (AvgIpc) is 3.46. The number of nitrogens with one attached hydrogen (secondary N) is 2. The Kier molecular flexibility index (Phi) is 8.56. The Balaban J connectivity index is 1.38. The summed E-state index contributed by atoms with van der Waals surface area (Å²) in [7, 11) is 0. The number of amides is 1. The van der Waals surface area contributed by atoms with Gasteiger partial charge in [-0.3, -0.25) is 9.78 Å². The predicted molar refractivity (Wildman–Crippen MR) is 169 cm³/mol. The highest BCUT2D eigenvalue weighted by Crippen LogP contribution is 2.30. The topological polar surface area (TPSA) is 107 Å². The number of hydrogen-bond donors (Lipinski definition) is 2. The monoisotopic (exact) mass is 665 g/mol. The highest BCUT2D eigenvalue weighted by molar-refractivity contribution is 14.2. The molecule has 5 rings (SSSR count). The highest BCUT2D eigenvalue weighted by atomic mass is 127. The molecule has 1 unspecified atom stereocenters. The lowest BCUT2D eigenvalue weighted by Gasteiger charge is -2.24. The number of aromatic nitrogens is 5. The first-order chi connectivity index (χ1) is 19.3. The van der Waals surface area contributed by atoms with Crippen molar-refractivity contribution in [2.45, 2.75) is 32.7 Å². The molecule has 2 N–H and O–H groups in total. The third kappa shape index (κ3) is 6.74. The van der Waals surface area contributed by atoms with Crippen molar-refractivity contribution in [2.24, 2.45) is 0 Å². The van der Waals surface area contributed by atoms with E-state index in [9.17, 15) is 4.79 Å². The maximum atomic E-state index is 12.3. The molecule has 11 heteroatoms. The van der Waals surface area contributed by atoms with Crippen molar-refractivity contribution < 1.29 is 9.53 Å². The number of anilines is 2. The minimum Gasteiger partial charge on any atom is -0.484 e. The minimum absolute atomic E-state index is 0.0720. The fourth-order valence-corrected chi connectivity index (χ4v) is 5.06. The number of halogens is 1. The summed E-state index contributed by atoms with van der Waals surface area (Å²) in [6.45, 7) is 5.93. The number of nitrogens with zero attached hydrogens (tertiary/aromatic N) is 5. The van der Waals surface area contributed by atoms with E-state index in [0.717, 1.165) is 34.2 Å². The maximum Gasteiger partial charge on any atom is 0.258 e. The lowest BCUT2D eigenvalue weighted by Crippen LogP contribution is -2.44. The molecule has 0 saturated carbocycles. The summed E-state index contributed by atoms with van der Waals surface area (Å²) < 4.78 is 7.71. The van der Waals surface area contributed by atoms with Crippen LogP contribution in [0.5, 0.6) is 5.75 Å². The van der Waals surface area contributed by atoms with Gasteiger partial charge >= 0.3 is 0 Å². The van der Waals surface area contributed by atoms with Crippen LogP contribution in [0.3, 0.4) is 0 Å². The van der Waals surface area contributed by atoms with Crippen molar-refractivity contribution in [3.8, 4) is 28.3 Å². The number of pyridine rings is 1. The van der Waals surface area contributed by atoms with Crippen LogP contribution in [0.4, 0.5) is 11.5 Å². The molecule has 0 aliphatic heterocycles. The van der Waals surface area contributed by atoms with Crippen molar-refractivity contribution in [1.29, 1.82) is 0 Å². The smallest absolute Gasteiger partial charge is 0.258 e. The molecule has 1 atom stereocenters. The zero-order chi connectivity index (χ0) is 28.1. The second kappa shape index (κ2) is 12.3. The molecule has 1 amide bonds. The Morgan fingerprint density at radius 2 is 1.88 bits per heavy atom. The molecule has 0 spiro atoms. The summed E-state index contributed by atoms with van der Waals surface area (Å²) in [6, 6.07) is 17.5. The van der Waals surface area contributed by atoms with Gasteiger partial charge in [-0.05, 0) is 78.2 Å². The number of hydrogen-bond acceptors (Lipinski definition) is 7. The van der Waals surface area contributed by atoms with Crippen LogP contribution < -0.4 is 15.4 Å². The summed E-state index contributed by atoms with van der Waals surface area (Å²) in [5.74, 6) is 1.59. The molecule has 0 fully saturated rings. The van der Waals surface area contributed by atoms with Crippen LogP contribution in [0.25, 0.3) is 33.4 Å². The number of fused-ring (bicyclic) bond motifs is 1. The van der Waals surface area contributed by atoms with E-state index in [0.29, 0.717) is 29.3 Å². The molecule has 0 bridgehead atoms. The fraction of sp³-hybridized carbons (Fsp3) is 0.207. The van der Waals surface area contributed by atoms with Crippen molar-refractivity contribution >= 4 is 56.7 Å². The largest absolute Gasteiger partial charge is 0.484 e. The van der Waals surface area contributed by atoms with Gasteiger partial charge in [-0.1, -0.05) is 31.2 Å². The molecule has 204 valence electrons. The predicted octanol–water partition coefficient (Wildman–Crippen LogP) is 6.77. The van der Waals surface area contributed by atoms with Crippen LogP contribution in [0, 0.1) is 0 Å². The Labute approximate surface area is 247 Å². The lowest BCUT2D eigenvalue weighted by molar-refractivity contribution is -0.124. The molecule has 0 radical (unpaired) electrons. The quantitative estimate of drug-likeness (QED) is 0.125. The van der Waals surface area contributed by atoms with Crippen molar-refractivity contribution in [2.75, 3.05) is 11.9 Å². The van der Waals surface area contributed by atoms with E-state index < -0.39 is 0 Å². The minimum atomic E-state index is -0.280. The molecule has 0 aliphatic rings. The van der Waals surface area contributed by atoms with E-state index in [1.807, 2.05) is 80.1 Å². The standard InChI is InChI=1S/C29H29IN7O2P/c1-4-29(2,3)36-26(38)18-39-23-7-5-6-20(14-23)27-34-25-16-31-13-12-24(25)28(35-27)33-22-10-8-19(9-11-22)21-15-32-37(17-21)40-30/h5-17,40H,4,18H2,1-3H3,(H,36,38)(H,33,34,35). The zero-order valence-corrected chi connectivity index (χ0v) is 25.5. The molecular weight excluding hydrogens is 636 g/mol. The van der Waals surface area contributed by atoms with Crippen molar-refractivity contribution in [3.63, 3.8) is 0 Å². The van der Waals surface area contributed by atoms with Gasteiger partial charge in [-0.15, -0.1) is 0 Å². The van der Waals surface area contributed by atoms with Gasteiger partial charge in [0.15, 0.2) is 12.4 Å². The van der Waals surface area contributed by atoms with Gasteiger partial charge in [-0.25, -0.2) is 14.4 Å². The summed E-state index contributed by atoms with van der Waals surface area (Å²) in [6.07, 6.45) is 8.76. The number of carbonyl (C=O) groups is 1. The first kappa shape index (κ1) is 27.9. The van der Waals surface area contributed by atoms with Gasteiger partial charge in [-0.2, -0.15) is 5.10 Å². The summed E-state index contributed by atoms with van der Waals surface area (Å²) in [5, 5.41) is 11.7. The van der Waals surface area contributed by atoms with Gasteiger partial charge in [0.2, 0.25) is 0 Å². The van der Waals surface area contributed by atoms with Crippen LogP contribution in [0.2, 0.25) is 0 Å². The SMILES string of the molecule is CCC(C)(C)NC(=O)COc1cccc(-c2nc(Nc3ccc(-c4cnn(PI)c4)cc3)c3ccncc3n2)c1. The highest BCUT2D eigenvalue weighted by Gasteiger charge is 2.18. The number of carbonyl (C=O) groups excluding carboxylic acids is 1. The van der Waals surface area contributed by atoms with E-state index in [1.165, 1.54) is 0 Å². The first-order valence-electron chi connectivity index (χ1n) is 12.8. The maximum absolute atomic E-state index is 12.3. The van der Waals surface area contributed by atoms with Crippen molar-refractivity contribution in [3.05, 3.63) is 79.4 Å². The molecule has 3 heterocycles. The Morgan fingerprint density at radius 3 is 2.62 bits per heavy atom. The van der Waals surface area contributed by atoms with Crippen LogP contribution in [-0.2, 0) is 4.79 Å². The normalized spacial score (nSPS) is 11.7. The van der Waals surface area contributed by atoms with Crippen LogP contribution in [0.1, 0.15) is 27.2 Å². The molecule has 5 aromatic rings. The summed E-state index contributed by atoms with van der Waals surface area (Å²) in [4.78, 5) is 26.2. The van der Waals surface area contributed by atoms with Crippen LogP contribution in [-0.4, -0.2) is 42.6 Å². The molecule has 40 heavy (non-hydrogen) atoms. The van der Waals surface area contributed by atoms with Gasteiger partial charge in [0, 0.05) is 40.1 Å². The van der Waals surface area contributed by atoms with Crippen LogP contribution in [0.15, 0.2) is 79.4 Å². The number of ether oxygens (including phenoxy) is 1. The van der Waals surface area contributed by atoms with Gasteiger partial charge in [0.1, 0.15) is 11.6 Å². The summed E-state index contributed by atoms with van der Waals surface area (Å²) >= 11 is 2.31. The molecule has 0 aliphatic carbocycles. The van der Waals surface area contributed by atoms with E-state index in [2.05, 4.69) is 54.9 Å². The average molecular weight is 665 g/mol. The molecule has 0 saturated heterocycles. The number of rotatable bonds is 10. The zero-order valence-electron chi connectivity index (χ0n) is 22.4. The second-order valence-electron chi connectivity index (χ2n) is 9.85. The Morgan fingerprint density at radius 1 is 1.05 bits per heavy atom. The second-order valence-corrected chi connectivity index (χ2v) is 11.9. The summed E-state index contributed by atoms with van der Waals surface area (Å²) in [5.41, 5.74) is 4.26. The van der Waals surface area contributed by atoms with Gasteiger partial charge in [0.25, 0.3) is 5.91 Å². The van der Waals surface area contributed by atoms with E-state index in [1.54, 1.807) is 12.4 Å². The number of benzene rings is 2. The van der Waals surface area contributed by atoms with E-state index >= 15 is 0 Å². The van der Waals surface area contributed by atoms with Crippen LogP contribution >= 0.6 is 28.4 Å². The first-order valence-corrected chi connectivity index (χ1v) is 16.8. The molecular formula is C29H29IN7O2P. The van der Waals surface area contributed by atoms with E-state index in [-0.39, 0.29) is 18.1 Å². The Bertz CT molecular complexity index is 1640. The Hall–Kier alpha value is -3.63. The lowest BCUT2D eigenvalue weighted by atomic mass is 10.0. The third-order valence-electron chi connectivity index (χ3n) is 6.47. The van der Waals surface area contributed by atoms with E-state index in [4.69, 9.17) is 14.7 Å². The molecule has 2 aromatic carbocycles. The third-order valence-corrected chi connectivity index (χ3v) is 8.37. The van der Waals surface area contributed by atoms with Crippen molar-refractivity contribution in [1.82, 2.24) is 29.8 Å². The van der Waals surface area contributed by atoms with Gasteiger partial charge in [0.05, 0.1) is 24.3 Å². The molecule has 3 aromatic heterocycles.